The number of nitrogens with two attached hydrogens (primary N) is 1. The molecule has 0 aromatic heterocycles. The maximum absolute atomic E-state index is 6.38. The Balaban J connectivity index is 1.71. The van der Waals surface area contributed by atoms with E-state index in [1.54, 1.807) is 0 Å². The molecule has 116 valence electrons. The Labute approximate surface area is 127 Å². The minimum atomic E-state index is 0.282. The number of morpholine rings is 1. The summed E-state index contributed by atoms with van der Waals surface area (Å²) in [6, 6.07) is 8.68. The molecule has 2 N–H and O–H groups in total. The summed E-state index contributed by atoms with van der Waals surface area (Å²) in [6.07, 6.45) is 5.22. The molecule has 1 heterocycles. The van der Waals surface area contributed by atoms with E-state index in [0.29, 0.717) is 12.6 Å². The zero-order valence-corrected chi connectivity index (χ0v) is 12.7. The smallest absolute Gasteiger partial charge is 0.124 e. The summed E-state index contributed by atoms with van der Waals surface area (Å²) in [6.45, 7) is 4.29. The monoisotopic (exact) mass is 290 g/mol. The van der Waals surface area contributed by atoms with Crippen molar-refractivity contribution in [1.82, 2.24) is 4.90 Å². The molecule has 2 fully saturated rings. The molecule has 0 amide bonds. The van der Waals surface area contributed by atoms with Gasteiger partial charge in [0.15, 0.2) is 0 Å². The molecule has 3 rings (SSSR count). The molecule has 0 spiro atoms. The van der Waals surface area contributed by atoms with E-state index in [1.807, 2.05) is 18.2 Å². The van der Waals surface area contributed by atoms with Crippen LogP contribution in [-0.4, -0.2) is 43.3 Å². The number of benzene rings is 1. The zero-order chi connectivity index (χ0) is 14.5. The van der Waals surface area contributed by atoms with Crippen LogP contribution in [0.5, 0.6) is 5.75 Å². The van der Waals surface area contributed by atoms with Gasteiger partial charge in [0.1, 0.15) is 11.9 Å². The first-order valence-corrected chi connectivity index (χ1v) is 8.15. The van der Waals surface area contributed by atoms with Gasteiger partial charge in [0, 0.05) is 31.2 Å². The molecule has 1 aliphatic heterocycles. The fourth-order valence-electron chi connectivity index (χ4n) is 3.49. The summed E-state index contributed by atoms with van der Waals surface area (Å²) in [4.78, 5) is 2.55. The number of rotatable bonds is 4. The van der Waals surface area contributed by atoms with Crippen LogP contribution in [0.15, 0.2) is 24.3 Å². The second kappa shape index (κ2) is 7.25. The molecule has 1 aromatic carbocycles. The predicted octanol–water partition coefficient (Wildman–Crippen LogP) is 2.17. The molecule has 4 nitrogen and oxygen atoms in total. The van der Waals surface area contributed by atoms with Crippen molar-refractivity contribution in [2.45, 2.75) is 44.4 Å². The second-order valence-electron chi connectivity index (χ2n) is 5.97. The van der Waals surface area contributed by atoms with Crippen molar-refractivity contribution in [3.05, 3.63) is 29.8 Å². The van der Waals surface area contributed by atoms with Crippen LogP contribution in [0.1, 0.15) is 31.2 Å². The SMILES string of the molecule is NCc1ccccc1OC1CCCCC1N1CCOCC1. The first kappa shape index (κ1) is 14.8. The Morgan fingerprint density at radius 3 is 2.71 bits per heavy atom. The van der Waals surface area contributed by atoms with Crippen LogP contribution in [0.4, 0.5) is 0 Å². The molecule has 21 heavy (non-hydrogen) atoms. The van der Waals surface area contributed by atoms with Crippen molar-refractivity contribution in [3.8, 4) is 5.75 Å². The van der Waals surface area contributed by atoms with Gasteiger partial charge >= 0.3 is 0 Å². The molecule has 1 aliphatic carbocycles. The number of para-hydroxylation sites is 1. The molecule has 1 saturated heterocycles. The predicted molar refractivity (Wildman–Crippen MR) is 83.4 cm³/mol. The van der Waals surface area contributed by atoms with Gasteiger partial charge in [-0.3, -0.25) is 4.90 Å². The van der Waals surface area contributed by atoms with Gasteiger partial charge in [0.05, 0.1) is 13.2 Å². The molecular weight excluding hydrogens is 264 g/mol. The largest absolute Gasteiger partial charge is 0.488 e. The first-order chi connectivity index (χ1) is 10.4. The molecule has 2 aliphatic rings. The van der Waals surface area contributed by atoms with Crippen LogP contribution in [0, 0.1) is 0 Å². The Kier molecular flexibility index (Phi) is 5.12. The average molecular weight is 290 g/mol. The van der Waals surface area contributed by atoms with Crippen molar-refractivity contribution < 1.29 is 9.47 Å². The van der Waals surface area contributed by atoms with E-state index >= 15 is 0 Å². The highest BCUT2D eigenvalue weighted by atomic mass is 16.5. The molecule has 0 bridgehead atoms. The highest BCUT2D eigenvalue weighted by molar-refractivity contribution is 5.33. The third kappa shape index (κ3) is 3.57. The quantitative estimate of drug-likeness (QED) is 0.923. The van der Waals surface area contributed by atoms with Gasteiger partial charge in [0.2, 0.25) is 0 Å². The molecular formula is C17H26N2O2. The molecule has 2 atom stereocenters. The maximum atomic E-state index is 6.38. The van der Waals surface area contributed by atoms with Gasteiger partial charge in [-0.05, 0) is 25.3 Å². The van der Waals surface area contributed by atoms with Crippen LogP contribution >= 0.6 is 0 Å². The summed E-state index contributed by atoms with van der Waals surface area (Å²) in [5.41, 5.74) is 6.93. The topological polar surface area (TPSA) is 47.7 Å². The van der Waals surface area contributed by atoms with E-state index in [4.69, 9.17) is 15.2 Å². The van der Waals surface area contributed by atoms with Crippen molar-refractivity contribution in [2.75, 3.05) is 26.3 Å². The molecule has 0 radical (unpaired) electrons. The normalized spacial score (nSPS) is 27.5. The fourth-order valence-corrected chi connectivity index (χ4v) is 3.49. The molecule has 4 heteroatoms. The van der Waals surface area contributed by atoms with Crippen LogP contribution < -0.4 is 10.5 Å². The molecule has 1 saturated carbocycles. The average Bonchev–Trinajstić information content (AvgIpc) is 2.57. The van der Waals surface area contributed by atoms with Crippen LogP contribution in [0.3, 0.4) is 0 Å². The molecule has 1 aromatic rings. The highest BCUT2D eigenvalue weighted by Crippen LogP contribution is 2.29. The summed E-state index contributed by atoms with van der Waals surface area (Å²) >= 11 is 0. The Hall–Kier alpha value is -1.10. The van der Waals surface area contributed by atoms with E-state index in [1.165, 1.54) is 19.3 Å². The highest BCUT2D eigenvalue weighted by Gasteiger charge is 2.32. The van der Waals surface area contributed by atoms with Crippen LogP contribution in [0.2, 0.25) is 0 Å². The van der Waals surface area contributed by atoms with Crippen molar-refractivity contribution >= 4 is 0 Å². The Bertz CT molecular complexity index is 446. The van der Waals surface area contributed by atoms with Crippen LogP contribution in [0.25, 0.3) is 0 Å². The van der Waals surface area contributed by atoms with Gasteiger partial charge in [-0.15, -0.1) is 0 Å². The minimum absolute atomic E-state index is 0.282. The summed E-state index contributed by atoms with van der Waals surface area (Å²) in [7, 11) is 0. The summed E-state index contributed by atoms with van der Waals surface area (Å²) < 4.78 is 11.9. The van der Waals surface area contributed by atoms with Gasteiger partial charge in [-0.2, -0.15) is 0 Å². The first-order valence-electron chi connectivity index (χ1n) is 8.15. The third-order valence-corrected chi connectivity index (χ3v) is 4.65. The lowest BCUT2D eigenvalue weighted by Crippen LogP contribution is -2.52. The lowest BCUT2D eigenvalue weighted by atomic mass is 9.90. The van der Waals surface area contributed by atoms with Gasteiger partial charge < -0.3 is 15.2 Å². The molecule has 2 unspecified atom stereocenters. The van der Waals surface area contributed by atoms with Crippen molar-refractivity contribution in [3.63, 3.8) is 0 Å². The van der Waals surface area contributed by atoms with Crippen LogP contribution in [-0.2, 0) is 11.3 Å². The third-order valence-electron chi connectivity index (χ3n) is 4.65. The van der Waals surface area contributed by atoms with E-state index < -0.39 is 0 Å². The zero-order valence-electron chi connectivity index (χ0n) is 12.7. The van der Waals surface area contributed by atoms with E-state index in [2.05, 4.69) is 11.0 Å². The van der Waals surface area contributed by atoms with Gasteiger partial charge in [0.25, 0.3) is 0 Å². The van der Waals surface area contributed by atoms with E-state index in [0.717, 1.165) is 44.0 Å². The van der Waals surface area contributed by atoms with Crippen molar-refractivity contribution in [2.24, 2.45) is 5.73 Å². The van der Waals surface area contributed by atoms with Gasteiger partial charge in [-0.1, -0.05) is 24.6 Å². The minimum Gasteiger partial charge on any atom is -0.488 e. The Morgan fingerprint density at radius 2 is 1.90 bits per heavy atom. The Morgan fingerprint density at radius 1 is 1.14 bits per heavy atom. The summed E-state index contributed by atoms with van der Waals surface area (Å²) in [5.74, 6) is 0.963. The maximum Gasteiger partial charge on any atom is 0.124 e. The summed E-state index contributed by atoms with van der Waals surface area (Å²) in [5, 5.41) is 0. The van der Waals surface area contributed by atoms with Gasteiger partial charge in [-0.25, -0.2) is 0 Å². The number of hydrogen-bond donors (Lipinski definition) is 1. The van der Waals surface area contributed by atoms with Crippen molar-refractivity contribution in [1.29, 1.82) is 0 Å². The lowest BCUT2D eigenvalue weighted by Gasteiger charge is -2.41. The standard InChI is InChI=1S/C17H26N2O2/c18-13-14-5-1-3-7-16(14)21-17-8-4-2-6-15(17)19-9-11-20-12-10-19/h1,3,5,7,15,17H,2,4,6,8-13,18H2. The second-order valence-corrected chi connectivity index (χ2v) is 5.97. The number of nitrogens with zero attached hydrogens (tertiary/aromatic N) is 1. The lowest BCUT2D eigenvalue weighted by molar-refractivity contribution is -0.0283. The number of hydrogen-bond acceptors (Lipinski definition) is 4. The van der Waals surface area contributed by atoms with E-state index in [9.17, 15) is 0 Å². The van der Waals surface area contributed by atoms with E-state index in [-0.39, 0.29) is 6.10 Å². The number of ether oxygens (including phenoxy) is 2. The fraction of sp³-hybridized carbons (Fsp3) is 0.647.